The molecule has 3 rings (SSSR count). The van der Waals surface area contributed by atoms with Gasteiger partial charge in [0.1, 0.15) is 5.82 Å². The first-order valence-corrected chi connectivity index (χ1v) is 6.34. The van der Waals surface area contributed by atoms with Crippen LogP contribution >= 0.6 is 0 Å². The van der Waals surface area contributed by atoms with E-state index in [1.54, 1.807) is 6.07 Å². The molecule has 0 fully saturated rings. The van der Waals surface area contributed by atoms with Crippen molar-refractivity contribution in [3.8, 4) is 0 Å². The number of anilines is 2. The average molecular weight is 281 g/mol. The molecule has 0 spiro atoms. The Morgan fingerprint density at radius 1 is 1.14 bits per heavy atom. The molecule has 3 N–H and O–H groups in total. The van der Waals surface area contributed by atoms with Gasteiger partial charge in [0, 0.05) is 11.1 Å². The fourth-order valence-corrected chi connectivity index (χ4v) is 2.05. The van der Waals surface area contributed by atoms with Gasteiger partial charge >= 0.3 is 0 Å². The minimum atomic E-state index is -0.652. The minimum absolute atomic E-state index is 0.0580. The van der Waals surface area contributed by atoms with Crippen LogP contribution in [0.5, 0.6) is 0 Å². The maximum Gasteiger partial charge on any atom is 0.258 e. The molecule has 1 aromatic heterocycles. The highest BCUT2D eigenvalue weighted by Gasteiger charge is 2.12. The molecule has 0 radical (unpaired) electrons. The smallest absolute Gasteiger partial charge is 0.258 e. The molecule has 0 aliphatic carbocycles. The number of nitrogen functional groups attached to an aromatic ring is 1. The van der Waals surface area contributed by atoms with E-state index in [-0.39, 0.29) is 11.3 Å². The van der Waals surface area contributed by atoms with Crippen molar-refractivity contribution in [2.45, 2.75) is 0 Å². The normalized spacial score (nSPS) is 10.5. The number of rotatable bonds is 2. The molecule has 4 nitrogen and oxygen atoms in total. The van der Waals surface area contributed by atoms with Crippen LogP contribution in [-0.4, -0.2) is 10.9 Å². The molecule has 0 bridgehead atoms. The molecule has 1 heterocycles. The molecule has 104 valence electrons. The third-order valence-corrected chi connectivity index (χ3v) is 3.09. The lowest BCUT2D eigenvalue weighted by Gasteiger charge is -2.07. The van der Waals surface area contributed by atoms with Gasteiger partial charge in [0.2, 0.25) is 0 Å². The zero-order valence-corrected chi connectivity index (χ0v) is 11.0. The largest absolute Gasteiger partial charge is 0.399 e. The van der Waals surface area contributed by atoms with Gasteiger partial charge in [-0.15, -0.1) is 0 Å². The second kappa shape index (κ2) is 5.20. The molecular formula is C16H12FN3O. The topological polar surface area (TPSA) is 68.0 Å². The van der Waals surface area contributed by atoms with E-state index in [1.807, 2.05) is 24.3 Å². The Balaban J connectivity index is 1.89. The summed E-state index contributed by atoms with van der Waals surface area (Å²) in [6.45, 7) is 0. The Morgan fingerprint density at radius 3 is 2.76 bits per heavy atom. The van der Waals surface area contributed by atoms with Gasteiger partial charge in [0.25, 0.3) is 5.91 Å². The van der Waals surface area contributed by atoms with Crippen LogP contribution in [0.1, 0.15) is 10.4 Å². The molecule has 0 saturated heterocycles. The lowest BCUT2D eigenvalue weighted by atomic mass is 10.1. The minimum Gasteiger partial charge on any atom is -0.399 e. The predicted octanol–water partition coefficient (Wildman–Crippen LogP) is 3.21. The molecular weight excluding hydrogens is 269 g/mol. The maximum atomic E-state index is 13.7. The van der Waals surface area contributed by atoms with E-state index in [2.05, 4.69) is 10.3 Å². The quantitative estimate of drug-likeness (QED) is 0.709. The highest BCUT2D eigenvalue weighted by molar-refractivity contribution is 6.05. The number of nitrogens with two attached hydrogens (primary N) is 1. The summed E-state index contributed by atoms with van der Waals surface area (Å²) in [6, 6.07) is 13.3. The van der Waals surface area contributed by atoms with Gasteiger partial charge < -0.3 is 11.1 Å². The fourth-order valence-electron chi connectivity index (χ4n) is 2.05. The third kappa shape index (κ3) is 2.67. The summed E-state index contributed by atoms with van der Waals surface area (Å²) < 4.78 is 13.7. The number of benzene rings is 2. The van der Waals surface area contributed by atoms with E-state index < -0.39 is 11.7 Å². The number of fused-ring (bicyclic) bond motifs is 1. The zero-order chi connectivity index (χ0) is 14.8. The van der Waals surface area contributed by atoms with Crippen LogP contribution in [0, 0.1) is 5.82 Å². The van der Waals surface area contributed by atoms with E-state index in [4.69, 9.17) is 5.73 Å². The first-order chi connectivity index (χ1) is 10.1. The van der Waals surface area contributed by atoms with Crippen LogP contribution in [0.3, 0.4) is 0 Å². The molecule has 5 heteroatoms. The zero-order valence-electron chi connectivity index (χ0n) is 11.0. The number of nitrogens with zero attached hydrogens (tertiary/aromatic N) is 1. The Bertz CT molecular complexity index is 833. The molecule has 0 saturated carbocycles. The van der Waals surface area contributed by atoms with Crippen LogP contribution in [0.4, 0.5) is 15.8 Å². The molecule has 2 aromatic carbocycles. The molecule has 0 aliphatic heterocycles. The summed E-state index contributed by atoms with van der Waals surface area (Å²) in [7, 11) is 0. The average Bonchev–Trinajstić information content (AvgIpc) is 2.47. The van der Waals surface area contributed by atoms with Gasteiger partial charge in [0.15, 0.2) is 0 Å². The van der Waals surface area contributed by atoms with Gasteiger partial charge in [-0.05, 0) is 30.3 Å². The standard InChI is InChI=1S/C16H12FN3O/c17-14-8-11(18)5-6-13(14)16(21)20-12-7-10-3-1-2-4-15(10)19-9-12/h1-9H,18H2,(H,20,21). The van der Waals surface area contributed by atoms with E-state index in [9.17, 15) is 9.18 Å². The Morgan fingerprint density at radius 2 is 1.95 bits per heavy atom. The summed E-state index contributed by atoms with van der Waals surface area (Å²) >= 11 is 0. The molecule has 0 unspecified atom stereocenters. The molecule has 1 amide bonds. The van der Waals surface area contributed by atoms with Crippen molar-refractivity contribution in [2.24, 2.45) is 0 Å². The van der Waals surface area contributed by atoms with Crippen LogP contribution < -0.4 is 11.1 Å². The number of carbonyl (C=O) groups is 1. The lowest BCUT2D eigenvalue weighted by Crippen LogP contribution is -2.14. The highest BCUT2D eigenvalue weighted by atomic mass is 19.1. The van der Waals surface area contributed by atoms with Crippen molar-refractivity contribution in [1.29, 1.82) is 0 Å². The fraction of sp³-hybridized carbons (Fsp3) is 0. The van der Waals surface area contributed by atoms with Crippen LogP contribution in [0.2, 0.25) is 0 Å². The van der Waals surface area contributed by atoms with E-state index in [0.29, 0.717) is 5.69 Å². The van der Waals surface area contributed by atoms with Gasteiger partial charge in [-0.3, -0.25) is 9.78 Å². The monoisotopic (exact) mass is 281 g/mol. The van der Waals surface area contributed by atoms with Crippen molar-refractivity contribution in [1.82, 2.24) is 4.98 Å². The number of hydrogen-bond acceptors (Lipinski definition) is 3. The van der Waals surface area contributed by atoms with E-state index in [0.717, 1.165) is 17.0 Å². The number of aromatic nitrogens is 1. The second-order valence-electron chi connectivity index (χ2n) is 4.61. The number of pyridine rings is 1. The van der Waals surface area contributed by atoms with Crippen LogP contribution in [-0.2, 0) is 0 Å². The SMILES string of the molecule is Nc1ccc(C(=O)Nc2cnc3ccccc3c2)c(F)c1. The molecule has 0 atom stereocenters. The first-order valence-electron chi connectivity index (χ1n) is 6.34. The lowest BCUT2D eigenvalue weighted by molar-refractivity contribution is 0.102. The summed E-state index contributed by atoms with van der Waals surface area (Å²) in [6.07, 6.45) is 1.54. The summed E-state index contributed by atoms with van der Waals surface area (Å²) in [5.41, 5.74) is 7.01. The van der Waals surface area contributed by atoms with Crippen molar-refractivity contribution < 1.29 is 9.18 Å². The number of carbonyl (C=O) groups excluding carboxylic acids is 1. The molecule has 21 heavy (non-hydrogen) atoms. The Hall–Kier alpha value is -2.95. The highest BCUT2D eigenvalue weighted by Crippen LogP contribution is 2.18. The predicted molar refractivity (Wildman–Crippen MR) is 80.5 cm³/mol. The number of amides is 1. The van der Waals surface area contributed by atoms with Crippen molar-refractivity contribution in [2.75, 3.05) is 11.1 Å². The van der Waals surface area contributed by atoms with E-state index >= 15 is 0 Å². The van der Waals surface area contributed by atoms with Crippen LogP contribution in [0.15, 0.2) is 54.7 Å². The van der Waals surface area contributed by atoms with Gasteiger partial charge in [-0.1, -0.05) is 18.2 Å². The summed E-state index contributed by atoms with van der Waals surface area (Å²) in [5.74, 6) is -1.19. The van der Waals surface area contributed by atoms with Crippen molar-refractivity contribution in [3.63, 3.8) is 0 Å². The number of nitrogens with one attached hydrogen (secondary N) is 1. The third-order valence-electron chi connectivity index (χ3n) is 3.09. The van der Waals surface area contributed by atoms with Gasteiger partial charge in [-0.2, -0.15) is 0 Å². The summed E-state index contributed by atoms with van der Waals surface area (Å²) in [5, 5.41) is 3.52. The first kappa shape index (κ1) is 13.1. The Kier molecular flexibility index (Phi) is 3.23. The summed E-state index contributed by atoms with van der Waals surface area (Å²) in [4.78, 5) is 16.3. The number of hydrogen-bond donors (Lipinski definition) is 2. The van der Waals surface area contributed by atoms with Gasteiger partial charge in [0.05, 0.1) is 23.0 Å². The number of para-hydroxylation sites is 1. The van der Waals surface area contributed by atoms with Crippen LogP contribution in [0.25, 0.3) is 10.9 Å². The Labute approximate surface area is 120 Å². The maximum absolute atomic E-state index is 13.7. The second-order valence-corrected chi connectivity index (χ2v) is 4.61. The van der Waals surface area contributed by atoms with E-state index in [1.165, 1.54) is 18.3 Å². The van der Waals surface area contributed by atoms with Crippen molar-refractivity contribution in [3.05, 3.63) is 66.1 Å². The molecule has 0 aliphatic rings. The van der Waals surface area contributed by atoms with Crippen molar-refractivity contribution >= 4 is 28.2 Å². The molecule has 3 aromatic rings. The van der Waals surface area contributed by atoms with Gasteiger partial charge in [-0.25, -0.2) is 4.39 Å². The number of halogens is 1.